The molecule has 102 valence electrons. The summed E-state index contributed by atoms with van der Waals surface area (Å²) in [7, 11) is 1.71. The average Bonchev–Trinajstić information content (AvgIpc) is 2.78. The number of rotatable bonds is 7. The number of nitrogens with zero attached hydrogens (tertiary/aromatic N) is 4. The molecular formula is C12H23N5O. The lowest BCUT2D eigenvalue weighted by molar-refractivity contribution is 0.108. The molecule has 0 radical (unpaired) electrons. The van der Waals surface area contributed by atoms with Gasteiger partial charge in [0.25, 0.3) is 0 Å². The van der Waals surface area contributed by atoms with Crippen LogP contribution < -0.4 is 5.32 Å². The number of hydrogen-bond acceptors (Lipinski definition) is 5. The summed E-state index contributed by atoms with van der Waals surface area (Å²) in [6.07, 6.45) is 4.74. The molecule has 1 aliphatic carbocycles. The molecule has 1 aliphatic rings. The molecule has 0 spiro atoms. The van der Waals surface area contributed by atoms with Gasteiger partial charge < -0.3 is 10.1 Å². The van der Waals surface area contributed by atoms with Crippen molar-refractivity contribution in [2.24, 2.45) is 0 Å². The van der Waals surface area contributed by atoms with Gasteiger partial charge in [-0.3, -0.25) is 0 Å². The van der Waals surface area contributed by atoms with Crippen LogP contribution in [0.3, 0.4) is 0 Å². The third kappa shape index (κ3) is 2.40. The molecule has 1 N–H and O–H groups in total. The molecule has 0 amide bonds. The largest absolute Gasteiger partial charge is 0.383 e. The predicted octanol–water partition coefficient (Wildman–Crippen LogP) is 1.26. The molecule has 0 bridgehead atoms. The SMILES string of the molecule is CCC1(n2nnnc2C(C)NCCOC)CCC1. The number of tetrazole rings is 1. The third-order valence-electron chi connectivity index (χ3n) is 4.03. The maximum absolute atomic E-state index is 5.04. The highest BCUT2D eigenvalue weighted by atomic mass is 16.5. The zero-order valence-electron chi connectivity index (χ0n) is 11.5. The zero-order valence-corrected chi connectivity index (χ0v) is 11.5. The van der Waals surface area contributed by atoms with Crippen LogP contribution in [0.15, 0.2) is 0 Å². The van der Waals surface area contributed by atoms with Crippen molar-refractivity contribution in [3.8, 4) is 0 Å². The van der Waals surface area contributed by atoms with E-state index in [1.807, 2.05) is 4.68 Å². The summed E-state index contributed by atoms with van der Waals surface area (Å²) in [6.45, 7) is 5.82. The van der Waals surface area contributed by atoms with Crippen LogP contribution in [0.4, 0.5) is 0 Å². The molecule has 0 aromatic carbocycles. The quantitative estimate of drug-likeness (QED) is 0.741. The normalized spacial score (nSPS) is 19.5. The van der Waals surface area contributed by atoms with Crippen LogP contribution in [-0.2, 0) is 10.3 Å². The number of nitrogens with one attached hydrogen (secondary N) is 1. The summed E-state index contributed by atoms with van der Waals surface area (Å²) in [5.74, 6) is 0.938. The number of hydrogen-bond donors (Lipinski definition) is 1. The maximum atomic E-state index is 5.04. The molecule has 0 saturated heterocycles. The van der Waals surface area contributed by atoms with Gasteiger partial charge in [-0.1, -0.05) is 6.92 Å². The van der Waals surface area contributed by atoms with Crippen molar-refractivity contribution in [3.05, 3.63) is 5.82 Å². The Hall–Kier alpha value is -1.01. The molecule has 1 atom stereocenters. The fourth-order valence-electron chi connectivity index (χ4n) is 2.57. The Kier molecular flexibility index (Phi) is 4.29. The first-order valence-corrected chi connectivity index (χ1v) is 6.74. The lowest BCUT2D eigenvalue weighted by atomic mass is 9.75. The number of ether oxygens (including phenoxy) is 1. The van der Waals surface area contributed by atoms with Crippen LogP contribution in [-0.4, -0.2) is 40.5 Å². The van der Waals surface area contributed by atoms with Crippen molar-refractivity contribution >= 4 is 0 Å². The monoisotopic (exact) mass is 253 g/mol. The Labute approximate surface area is 108 Å². The summed E-state index contributed by atoms with van der Waals surface area (Å²) >= 11 is 0. The van der Waals surface area contributed by atoms with Crippen molar-refractivity contribution in [2.45, 2.75) is 51.1 Å². The smallest absolute Gasteiger partial charge is 0.168 e. The summed E-state index contributed by atoms with van der Waals surface area (Å²) < 4.78 is 7.08. The van der Waals surface area contributed by atoms with Crippen LogP contribution in [0.2, 0.25) is 0 Å². The van der Waals surface area contributed by atoms with Gasteiger partial charge in [-0.05, 0) is 43.0 Å². The second-order valence-corrected chi connectivity index (χ2v) is 5.05. The van der Waals surface area contributed by atoms with Crippen LogP contribution in [0, 0.1) is 0 Å². The molecule has 1 unspecified atom stereocenters. The fourth-order valence-corrected chi connectivity index (χ4v) is 2.57. The molecule has 1 fully saturated rings. The van der Waals surface area contributed by atoms with E-state index in [0.717, 1.165) is 18.8 Å². The Morgan fingerprint density at radius 3 is 2.83 bits per heavy atom. The summed E-state index contributed by atoms with van der Waals surface area (Å²) in [4.78, 5) is 0. The van der Waals surface area contributed by atoms with Gasteiger partial charge in [0, 0.05) is 13.7 Å². The molecule has 1 aromatic heterocycles. The molecule has 6 heteroatoms. The van der Waals surface area contributed by atoms with E-state index in [1.54, 1.807) is 7.11 Å². The van der Waals surface area contributed by atoms with Gasteiger partial charge in [-0.15, -0.1) is 5.10 Å². The predicted molar refractivity (Wildman–Crippen MR) is 68.2 cm³/mol. The molecule has 0 aliphatic heterocycles. The van der Waals surface area contributed by atoms with Gasteiger partial charge in [-0.2, -0.15) is 0 Å². The highest BCUT2D eigenvalue weighted by Crippen LogP contribution is 2.42. The van der Waals surface area contributed by atoms with Gasteiger partial charge in [0.15, 0.2) is 5.82 Å². The zero-order chi connectivity index (χ0) is 13.0. The lowest BCUT2D eigenvalue weighted by Gasteiger charge is -2.41. The number of aromatic nitrogens is 4. The molecule has 1 saturated carbocycles. The minimum absolute atomic E-state index is 0.152. The van der Waals surface area contributed by atoms with E-state index < -0.39 is 0 Å². The Bertz CT molecular complexity index is 369. The van der Waals surface area contributed by atoms with E-state index >= 15 is 0 Å². The van der Waals surface area contributed by atoms with Crippen molar-refractivity contribution in [1.29, 1.82) is 0 Å². The van der Waals surface area contributed by atoms with Crippen molar-refractivity contribution in [2.75, 3.05) is 20.3 Å². The summed E-state index contributed by atoms with van der Waals surface area (Å²) in [5, 5.41) is 15.6. The summed E-state index contributed by atoms with van der Waals surface area (Å²) in [5.41, 5.74) is 0.163. The van der Waals surface area contributed by atoms with Gasteiger partial charge in [-0.25, -0.2) is 4.68 Å². The summed E-state index contributed by atoms with van der Waals surface area (Å²) in [6, 6.07) is 0.152. The first kappa shape index (κ1) is 13.4. The molecular weight excluding hydrogens is 230 g/mol. The Morgan fingerprint density at radius 2 is 2.28 bits per heavy atom. The van der Waals surface area contributed by atoms with E-state index in [9.17, 15) is 0 Å². The molecule has 1 aromatic rings. The fraction of sp³-hybridized carbons (Fsp3) is 0.917. The van der Waals surface area contributed by atoms with E-state index in [0.29, 0.717) is 6.61 Å². The van der Waals surface area contributed by atoms with Crippen LogP contribution in [0.25, 0.3) is 0 Å². The van der Waals surface area contributed by atoms with Gasteiger partial charge >= 0.3 is 0 Å². The lowest BCUT2D eigenvalue weighted by Crippen LogP contribution is -2.43. The van der Waals surface area contributed by atoms with Crippen molar-refractivity contribution < 1.29 is 4.74 Å². The van der Waals surface area contributed by atoms with Crippen LogP contribution in [0.5, 0.6) is 0 Å². The Balaban J connectivity index is 2.07. The van der Waals surface area contributed by atoms with E-state index in [1.165, 1.54) is 19.3 Å². The highest BCUT2D eigenvalue weighted by molar-refractivity contribution is 5.00. The van der Waals surface area contributed by atoms with E-state index in [4.69, 9.17) is 4.74 Å². The van der Waals surface area contributed by atoms with Crippen LogP contribution >= 0.6 is 0 Å². The Morgan fingerprint density at radius 1 is 1.50 bits per heavy atom. The van der Waals surface area contributed by atoms with Crippen molar-refractivity contribution in [3.63, 3.8) is 0 Å². The minimum Gasteiger partial charge on any atom is -0.383 e. The first-order valence-electron chi connectivity index (χ1n) is 6.74. The van der Waals surface area contributed by atoms with Gasteiger partial charge in [0.1, 0.15) is 0 Å². The standard InChI is InChI=1S/C12H23N5O/c1-4-12(6-5-7-12)17-11(14-15-16-17)10(2)13-8-9-18-3/h10,13H,4-9H2,1-3H3. The molecule has 2 rings (SSSR count). The van der Waals surface area contributed by atoms with E-state index in [2.05, 4.69) is 34.7 Å². The van der Waals surface area contributed by atoms with Gasteiger partial charge in [0.05, 0.1) is 18.2 Å². The topological polar surface area (TPSA) is 64.9 Å². The second-order valence-electron chi connectivity index (χ2n) is 5.05. The molecule has 18 heavy (non-hydrogen) atoms. The maximum Gasteiger partial charge on any atom is 0.168 e. The highest BCUT2D eigenvalue weighted by Gasteiger charge is 2.40. The van der Waals surface area contributed by atoms with E-state index in [-0.39, 0.29) is 11.6 Å². The average molecular weight is 253 g/mol. The molecule has 6 nitrogen and oxygen atoms in total. The third-order valence-corrected chi connectivity index (χ3v) is 4.03. The first-order chi connectivity index (χ1) is 8.73. The number of methoxy groups -OCH3 is 1. The second kappa shape index (κ2) is 5.75. The molecule has 1 heterocycles. The van der Waals surface area contributed by atoms with Gasteiger partial charge in [0.2, 0.25) is 0 Å². The minimum atomic E-state index is 0.152. The van der Waals surface area contributed by atoms with Crippen molar-refractivity contribution in [1.82, 2.24) is 25.5 Å². The van der Waals surface area contributed by atoms with Crippen LogP contribution in [0.1, 0.15) is 51.4 Å².